The van der Waals surface area contributed by atoms with Gasteiger partial charge in [0.05, 0.1) is 11.1 Å². The van der Waals surface area contributed by atoms with Crippen molar-refractivity contribution < 1.29 is 0 Å². The first-order valence-electron chi connectivity index (χ1n) is 5.98. The Morgan fingerprint density at radius 2 is 2.11 bits per heavy atom. The molecular formula is C12H18N4S2. The summed E-state index contributed by atoms with van der Waals surface area (Å²) in [4.78, 5) is 11.4. The Morgan fingerprint density at radius 3 is 2.78 bits per heavy atom. The molecule has 0 saturated heterocycles. The molecular weight excluding hydrogens is 264 g/mol. The number of nitrogen functional groups attached to an aromatic ring is 1. The van der Waals surface area contributed by atoms with E-state index in [0.29, 0.717) is 0 Å². The zero-order chi connectivity index (χ0) is 13.1. The molecule has 2 rings (SSSR count). The number of rotatable bonds is 5. The van der Waals surface area contributed by atoms with Gasteiger partial charge in [-0.3, -0.25) is 0 Å². The summed E-state index contributed by atoms with van der Waals surface area (Å²) in [5.74, 6) is 9.15. The minimum Gasteiger partial charge on any atom is -0.308 e. The van der Waals surface area contributed by atoms with Crippen LogP contribution in [0.25, 0.3) is 10.2 Å². The fourth-order valence-corrected chi connectivity index (χ4v) is 3.56. The quantitative estimate of drug-likeness (QED) is 0.501. The molecule has 0 unspecified atom stereocenters. The molecule has 0 saturated carbocycles. The summed E-state index contributed by atoms with van der Waals surface area (Å²) in [7, 11) is 0. The molecule has 0 aliphatic carbocycles. The Balaban J connectivity index is 2.40. The van der Waals surface area contributed by atoms with Crippen molar-refractivity contribution in [2.24, 2.45) is 5.84 Å². The predicted octanol–water partition coefficient (Wildman–Crippen LogP) is 3.24. The summed E-state index contributed by atoms with van der Waals surface area (Å²) in [5, 5.41) is 1.06. The van der Waals surface area contributed by atoms with Gasteiger partial charge in [0, 0.05) is 4.88 Å². The van der Waals surface area contributed by atoms with Crippen LogP contribution in [0.1, 0.15) is 29.6 Å². The highest BCUT2D eigenvalue weighted by Crippen LogP contribution is 2.33. The molecule has 98 valence electrons. The van der Waals surface area contributed by atoms with Gasteiger partial charge < -0.3 is 5.43 Å². The number of thiophene rings is 1. The van der Waals surface area contributed by atoms with Crippen molar-refractivity contribution in [2.75, 3.05) is 11.2 Å². The molecule has 2 aromatic rings. The molecule has 0 aliphatic heterocycles. The average molecular weight is 282 g/mol. The van der Waals surface area contributed by atoms with E-state index in [1.54, 1.807) is 11.3 Å². The fourth-order valence-electron chi connectivity index (χ4n) is 1.77. The maximum Gasteiger partial charge on any atom is 0.152 e. The second kappa shape index (κ2) is 5.86. The van der Waals surface area contributed by atoms with Gasteiger partial charge in [0.1, 0.15) is 10.7 Å². The van der Waals surface area contributed by atoms with E-state index in [1.807, 2.05) is 11.8 Å². The van der Waals surface area contributed by atoms with Crippen LogP contribution in [0.4, 0.5) is 5.82 Å². The molecule has 2 aromatic heterocycles. The first-order valence-corrected chi connectivity index (χ1v) is 7.95. The molecule has 0 fully saturated rings. The molecule has 0 amide bonds. The van der Waals surface area contributed by atoms with Crippen LogP contribution in [0.15, 0.2) is 0 Å². The minimum atomic E-state index is 0.744. The fraction of sp³-hybridized carbons (Fsp3) is 0.500. The summed E-state index contributed by atoms with van der Waals surface area (Å²) < 4.78 is 0. The maximum atomic E-state index is 5.58. The zero-order valence-electron chi connectivity index (χ0n) is 10.9. The molecule has 0 bridgehead atoms. The van der Waals surface area contributed by atoms with E-state index in [0.717, 1.165) is 33.4 Å². The van der Waals surface area contributed by atoms with Crippen LogP contribution in [0.3, 0.4) is 0 Å². The van der Waals surface area contributed by atoms with E-state index < -0.39 is 0 Å². The van der Waals surface area contributed by atoms with Crippen molar-refractivity contribution in [1.29, 1.82) is 0 Å². The second-order valence-electron chi connectivity index (χ2n) is 4.15. The van der Waals surface area contributed by atoms with Crippen molar-refractivity contribution >= 4 is 39.1 Å². The summed E-state index contributed by atoms with van der Waals surface area (Å²) in [6.45, 7) is 6.37. The Hall–Kier alpha value is -0.850. The zero-order valence-corrected chi connectivity index (χ0v) is 12.5. The molecule has 6 heteroatoms. The van der Waals surface area contributed by atoms with Gasteiger partial charge in [0.15, 0.2) is 5.82 Å². The maximum absolute atomic E-state index is 5.58. The van der Waals surface area contributed by atoms with E-state index in [-0.39, 0.29) is 0 Å². The van der Waals surface area contributed by atoms with Gasteiger partial charge in [0.25, 0.3) is 0 Å². The van der Waals surface area contributed by atoms with Gasteiger partial charge >= 0.3 is 0 Å². The number of hydrogen-bond acceptors (Lipinski definition) is 6. The molecule has 2 heterocycles. The number of nitrogens with one attached hydrogen (secondary N) is 1. The third kappa shape index (κ3) is 2.60. The van der Waals surface area contributed by atoms with E-state index in [2.05, 4.69) is 36.2 Å². The number of anilines is 1. The Bertz CT molecular complexity index is 550. The average Bonchev–Trinajstić information content (AvgIpc) is 2.65. The lowest BCUT2D eigenvalue weighted by Gasteiger charge is -2.05. The van der Waals surface area contributed by atoms with E-state index in [9.17, 15) is 0 Å². The van der Waals surface area contributed by atoms with Crippen LogP contribution in [-0.4, -0.2) is 15.7 Å². The number of aromatic nitrogens is 2. The number of hydrazine groups is 1. The van der Waals surface area contributed by atoms with Crippen LogP contribution in [0, 0.1) is 13.8 Å². The highest BCUT2D eigenvalue weighted by molar-refractivity contribution is 7.98. The van der Waals surface area contributed by atoms with Crippen LogP contribution >= 0.6 is 23.1 Å². The smallest absolute Gasteiger partial charge is 0.152 e. The molecule has 4 nitrogen and oxygen atoms in total. The van der Waals surface area contributed by atoms with Crippen LogP contribution in [-0.2, 0) is 5.75 Å². The highest BCUT2D eigenvalue weighted by Gasteiger charge is 2.13. The summed E-state index contributed by atoms with van der Waals surface area (Å²) in [6, 6.07) is 0. The van der Waals surface area contributed by atoms with Crippen molar-refractivity contribution in [3.05, 3.63) is 16.3 Å². The number of nitrogens with zero attached hydrogens (tertiary/aromatic N) is 2. The van der Waals surface area contributed by atoms with Gasteiger partial charge in [-0.25, -0.2) is 15.8 Å². The Morgan fingerprint density at radius 1 is 1.33 bits per heavy atom. The van der Waals surface area contributed by atoms with Gasteiger partial charge in [0.2, 0.25) is 0 Å². The van der Waals surface area contributed by atoms with E-state index >= 15 is 0 Å². The Labute approximate surface area is 115 Å². The number of nitrogens with two attached hydrogens (primary N) is 1. The van der Waals surface area contributed by atoms with Gasteiger partial charge in [-0.2, -0.15) is 11.8 Å². The number of fused-ring (bicyclic) bond motifs is 1. The molecule has 18 heavy (non-hydrogen) atoms. The lowest BCUT2D eigenvalue weighted by atomic mass is 10.2. The minimum absolute atomic E-state index is 0.744. The number of hydrogen-bond donors (Lipinski definition) is 2. The van der Waals surface area contributed by atoms with Gasteiger partial charge in [-0.15, -0.1) is 11.3 Å². The molecule has 0 atom stereocenters. The van der Waals surface area contributed by atoms with Gasteiger partial charge in [-0.05, 0) is 31.6 Å². The predicted molar refractivity (Wildman–Crippen MR) is 81.2 cm³/mol. The van der Waals surface area contributed by atoms with Crippen molar-refractivity contribution in [2.45, 2.75) is 32.9 Å². The van der Waals surface area contributed by atoms with Crippen LogP contribution in [0.2, 0.25) is 0 Å². The molecule has 0 aliphatic rings. The van der Waals surface area contributed by atoms with Crippen LogP contribution in [0.5, 0.6) is 0 Å². The number of aryl methyl sites for hydroxylation is 2. The summed E-state index contributed by atoms with van der Waals surface area (Å²) >= 11 is 3.56. The molecule has 0 aromatic carbocycles. The molecule has 0 spiro atoms. The third-order valence-corrected chi connectivity index (χ3v) is 5.05. The van der Waals surface area contributed by atoms with Crippen LogP contribution < -0.4 is 11.3 Å². The van der Waals surface area contributed by atoms with E-state index in [4.69, 9.17) is 5.84 Å². The van der Waals surface area contributed by atoms with Crippen molar-refractivity contribution in [3.63, 3.8) is 0 Å². The van der Waals surface area contributed by atoms with Gasteiger partial charge in [-0.1, -0.05) is 6.92 Å². The lowest BCUT2D eigenvalue weighted by molar-refractivity contribution is 1.05. The summed E-state index contributed by atoms with van der Waals surface area (Å²) in [5.41, 5.74) is 3.92. The summed E-state index contributed by atoms with van der Waals surface area (Å²) in [6.07, 6.45) is 1.17. The Kier molecular flexibility index (Phi) is 4.42. The second-order valence-corrected chi connectivity index (χ2v) is 6.46. The van der Waals surface area contributed by atoms with E-state index in [1.165, 1.54) is 16.9 Å². The molecule has 0 radical (unpaired) electrons. The largest absolute Gasteiger partial charge is 0.308 e. The highest BCUT2D eigenvalue weighted by atomic mass is 32.2. The SMILES string of the molecule is CCCSCc1nc(NN)c2c(C)c(C)sc2n1. The topological polar surface area (TPSA) is 63.8 Å². The van der Waals surface area contributed by atoms with Crippen molar-refractivity contribution in [1.82, 2.24) is 9.97 Å². The number of thioether (sulfide) groups is 1. The van der Waals surface area contributed by atoms with Crippen molar-refractivity contribution in [3.8, 4) is 0 Å². The first-order chi connectivity index (χ1) is 8.67. The normalized spacial score (nSPS) is 11.1. The monoisotopic (exact) mass is 282 g/mol. The standard InChI is InChI=1S/C12H18N4S2/c1-4-5-17-6-9-14-11(16-13)10-7(2)8(3)18-12(10)15-9/h4-6,13H2,1-3H3,(H,14,15,16). The lowest BCUT2D eigenvalue weighted by Crippen LogP contribution is -2.10. The molecule has 3 N–H and O–H groups in total. The third-order valence-electron chi connectivity index (χ3n) is 2.79. The first kappa shape index (κ1) is 13.6.